The van der Waals surface area contributed by atoms with E-state index in [1.165, 1.54) is 0 Å². The molecule has 0 aromatic carbocycles. The van der Waals surface area contributed by atoms with Gasteiger partial charge in [-0.15, -0.1) is 0 Å². The van der Waals surface area contributed by atoms with Crippen LogP contribution in [0.2, 0.25) is 0 Å². The average Bonchev–Trinajstić information content (AvgIpc) is 2.09. The molecule has 0 bridgehead atoms. The van der Waals surface area contributed by atoms with Crippen LogP contribution in [0.5, 0.6) is 0 Å². The minimum absolute atomic E-state index is 0.0576. The van der Waals surface area contributed by atoms with Gasteiger partial charge in [0, 0.05) is 12.3 Å². The average molecular weight is 176 g/mol. The molecule has 1 fully saturated rings. The first-order valence-electron chi connectivity index (χ1n) is 4.24. The molecule has 0 aromatic heterocycles. The van der Waals surface area contributed by atoms with Crippen molar-refractivity contribution in [2.75, 3.05) is 13.2 Å². The van der Waals surface area contributed by atoms with Gasteiger partial charge in [-0.05, 0) is 0 Å². The second kappa shape index (κ2) is 4.18. The molecule has 0 saturated carbocycles. The van der Waals surface area contributed by atoms with Gasteiger partial charge in [0.15, 0.2) is 0 Å². The first-order chi connectivity index (χ1) is 5.69. The summed E-state index contributed by atoms with van der Waals surface area (Å²) in [4.78, 5) is 0. The van der Waals surface area contributed by atoms with Crippen molar-refractivity contribution in [3.05, 3.63) is 0 Å². The van der Waals surface area contributed by atoms with Crippen molar-refractivity contribution in [3.63, 3.8) is 0 Å². The summed E-state index contributed by atoms with van der Waals surface area (Å²) in [5, 5.41) is 27.1. The SMILES string of the molecule is CC1[C@H](O)CC(CO)O[C@H]1CO. The van der Waals surface area contributed by atoms with Crippen LogP contribution in [0.25, 0.3) is 0 Å². The molecule has 3 N–H and O–H groups in total. The molecule has 0 aliphatic carbocycles. The van der Waals surface area contributed by atoms with Gasteiger partial charge in [-0.3, -0.25) is 0 Å². The molecule has 4 heteroatoms. The van der Waals surface area contributed by atoms with Crippen LogP contribution in [0.1, 0.15) is 13.3 Å². The monoisotopic (exact) mass is 176 g/mol. The summed E-state index contributed by atoms with van der Waals surface area (Å²) < 4.78 is 5.31. The highest BCUT2D eigenvalue weighted by molar-refractivity contribution is 4.82. The second-order valence-corrected chi connectivity index (χ2v) is 3.32. The first-order valence-corrected chi connectivity index (χ1v) is 4.24. The number of aliphatic hydroxyl groups excluding tert-OH is 3. The van der Waals surface area contributed by atoms with E-state index in [1.807, 2.05) is 6.92 Å². The number of hydrogen-bond donors (Lipinski definition) is 3. The van der Waals surface area contributed by atoms with Gasteiger partial charge in [0.1, 0.15) is 0 Å². The van der Waals surface area contributed by atoms with Crippen molar-refractivity contribution in [2.45, 2.75) is 31.7 Å². The zero-order chi connectivity index (χ0) is 9.14. The third-order valence-electron chi connectivity index (χ3n) is 2.45. The standard InChI is InChI=1S/C8H16O4/c1-5-7(11)2-6(3-9)12-8(5)4-10/h5-11H,2-4H2,1H3/t5?,6?,7-,8+/m1/s1. The summed E-state index contributed by atoms with van der Waals surface area (Å²) in [7, 11) is 0. The normalized spacial score (nSPS) is 43.0. The molecular formula is C8H16O4. The molecule has 0 aromatic rings. The predicted octanol–water partition coefficient (Wildman–Crippen LogP) is -0.875. The molecule has 1 saturated heterocycles. The van der Waals surface area contributed by atoms with E-state index in [2.05, 4.69) is 0 Å². The molecule has 12 heavy (non-hydrogen) atoms. The van der Waals surface area contributed by atoms with Gasteiger partial charge in [0.25, 0.3) is 0 Å². The van der Waals surface area contributed by atoms with Crippen LogP contribution in [0.3, 0.4) is 0 Å². The highest BCUT2D eigenvalue weighted by atomic mass is 16.5. The fourth-order valence-corrected chi connectivity index (χ4v) is 1.49. The highest BCUT2D eigenvalue weighted by Gasteiger charge is 2.33. The van der Waals surface area contributed by atoms with Crippen molar-refractivity contribution in [2.24, 2.45) is 5.92 Å². The zero-order valence-corrected chi connectivity index (χ0v) is 7.18. The van der Waals surface area contributed by atoms with E-state index >= 15 is 0 Å². The minimum Gasteiger partial charge on any atom is -0.394 e. The van der Waals surface area contributed by atoms with Gasteiger partial charge >= 0.3 is 0 Å². The summed E-state index contributed by atoms with van der Waals surface area (Å²) >= 11 is 0. The fraction of sp³-hybridized carbons (Fsp3) is 1.00. The molecule has 4 nitrogen and oxygen atoms in total. The molecule has 4 atom stereocenters. The van der Waals surface area contributed by atoms with Crippen LogP contribution >= 0.6 is 0 Å². The molecule has 0 spiro atoms. The molecule has 1 aliphatic heterocycles. The zero-order valence-electron chi connectivity index (χ0n) is 7.18. The molecule has 2 unspecified atom stereocenters. The second-order valence-electron chi connectivity index (χ2n) is 3.32. The van der Waals surface area contributed by atoms with Crippen molar-refractivity contribution < 1.29 is 20.1 Å². The van der Waals surface area contributed by atoms with E-state index in [0.29, 0.717) is 6.42 Å². The quantitative estimate of drug-likeness (QED) is 0.511. The number of aliphatic hydroxyl groups is 3. The first kappa shape index (κ1) is 9.92. The predicted molar refractivity (Wildman–Crippen MR) is 42.6 cm³/mol. The molecular weight excluding hydrogens is 160 g/mol. The van der Waals surface area contributed by atoms with E-state index < -0.39 is 6.10 Å². The van der Waals surface area contributed by atoms with E-state index in [-0.39, 0.29) is 31.3 Å². The molecule has 72 valence electrons. The Balaban J connectivity index is 2.52. The molecule has 0 radical (unpaired) electrons. The maximum Gasteiger partial charge on any atom is 0.0860 e. The van der Waals surface area contributed by atoms with Crippen molar-refractivity contribution in [1.82, 2.24) is 0 Å². The summed E-state index contributed by atoms with van der Waals surface area (Å²) in [5.74, 6) is -0.0576. The van der Waals surface area contributed by atoms with Crippen LogP contribution in [-0.2, 0) is 4.74 Å². The number of hydrogen-bond acceptors (Lipinski definition) is 4. The Hall–Kier alpha value is -0.160. The van der Waals surface area contributed by atoms with Gasteiger partial charge in [-0.2, -0.15) is 0 Å². The van der Waals surface area contributed by atoms with Crippen molar-refractivity contribution in [3.8, 4) is 0 Å². The van der Waals surface area contributed by atoms with Gasteiger partial charge < -0.3 is 20.1 Å². The van der Waals surface area contributed by atoms with E-state index in [0.717, 1.165) is 0 Å². The van der Waals surface area contributed by atoms with E-state index in [4.69, 9.17) is 14.9 Å². The van der Waals surface area contributed by atoms with E-state index in [9.17, 15) is 5.11 Å². The van der Waals surface area contributed by atoms with E-state index in [1.54, 1.807) is 0 Å². The Morgan fingerprint density at radius 1 is 1.33 bits per heavy atom. The van der Waals surface area contributed by atoms with Gasteiger partial charge in [0.2, 0.25) is 0 Å². The maximum absolute atomic E-state index is 9.48. The molecule has 1 aliphatic rings. The van der Waals surface area contributed by atoms with Crippen LogP contribution in [0.15, 0.2) is 0 Å². The highest BCUT2D eigenvalue weighted by Crippen LogP contribution is 2.24. The number of rotatable bonds is 2. The molecule has 0 amide bonds. The third kappa shape index (κ3) is 1.95. The largest absolute Gasteiger partial charge is 0.394 e. The van der Waals surface area contributed by atoms with Crippen molar-refractivity contribution in [1.29, 1.82) is 0 Å². The molecule has 1 rings (SSSR count). The topological polar surface area (TPSA) is 69.9 Å². The summed E-state index contributed by atoms with van der Waals surface area (Å²) in [5.41, 5.74) is 0. The molecule has 1 heterocycles. The lowest BCUT2D eigenvalue weighted by molar-refractivity contribution is -0.155. The Labute approximate surface area is 71.8 Å². The van der Waals surface area contributed by atoms with Crippen LogP contribution in [0, 0.1) is 5.92 Å². The number of ether oxygens (including phenoxy) is 1. The lowest BCUT2D eigenvalue weighted by Gasteiger charge is -2.36. The Bertz CT molecular complexity index is 139. The van der Waals surface area contributed by atoms with Crippen molar-refractivity contribution >= 4 is 0 Å². The lowest BCUT2D eigenvalue weighted by Crippen LogP contribution is -2.45. The lowest BCUT2D eigenvalue weighted by atomic mass is 9.91. The smallest absolute Gasteiger partial charge is 0.0860 e. The Morgan fingerprint density at radius 3 is 2.50 bits per heavy atom. The van der Waals surface area contributed by atoms with Crippen LogP contribution in [0.4, 0.5) is 0 Å². The third-order valence-corrected chi connectivity index (χ3v) is 2.45. The fourth-order valence-electron chi connectivity index (χ4n) is 1.49. The Morgan fingerprint density at radius 2 is 2.00 bits per heavy atom. The van der Waals surface area contributed by atoms with Crippen LogP contribution < -0.4 is 0 Å². The summed E-state index contributed by atoms with van der Waals surface area (Å²) in [6.07, 6.45) is -0.693. The Kier molecular flexibility index (Phi) is 3.46. The summed E-state index contributed by atoms with van der Waals surface area (Å²) in [6.45, 7) is 1.63. The van der Waals surface area contributed by atoms with Crippen LogP contribution in [-0.4, -0.2) is 46.8 Å². The van der Waals surface area contributed by atoms with Gasteiger partial charge in [0.05, 0.1) is 31.5 Å². The van der Waals surface area contributed by atoms with Gasteiger partial charge in [-0.1, -0.05) is 6.92 Å². The van der Waals surface area contributed by atoms with Gasteiger partial charge in [-0.25, -0.2) is 0 Å². The summed E-state index contributed by atoms with van der Waals surface area (Å²) in [6, 6.07) is 0. The maximum atomic E-state index is 9.48. The minimum atomic E-state index is -0.479.